The summed E-state index contributed by atoms with van der Waals surface area (Å²) in [6.45, 7) is 3.60. The SMILES string of the molecule is Cc1ccc(C)c(NC(=O)Cn2nc3c(Oc4ccc(Cl)cc4)nccn3c2=O)c1. The lowest BCUT2D eigenvalue weighted by Crippen LogP contribution is -2.28. The van der Waals surface area contributed by atoms with Crippen molar-refractivity contribution in [2.24, 2.45) is 0 Å². The maximum atomic E-state index is 12.7. The first kappa shape index (κ1) is 19.7. The molecule has 0 fully saturated rings. The third-order valence-electron chi connectivity index (χ3n) is 4.46. The molecule has 30 heavy (non-hydrogen) atoms. The number of anilines is 1. The minimum Gasteiger partial charge on any atom is -0.436 e. The molecule has 4 aromatic rings. The summed E-state index contributed by atoms with van der Waals surface area (Å²) in [5.74, 6) is 0.280. The molecule has 4 rings (SSSR count). The number of rotatable bonds is 5. The van der Waals surface area contributed by atoms with Gasteiger partial charge in [-0.1, -0.05) is 23.7 Å². The van der Waals surface area contributed by atoms with Gasteiger partial charge in [-0.3, -0.25) is 4.79 Å². The van der Waals surface area contributed by atoms with E-state index in [4.69, 9.17) is 16.3 Å². The van der Waals surface area contributed by atoms with Gasteiger partial charge in [-0.2, -0.15) is 0 Å². The lowest BCUT2D eigenvalue weighted by molar-refractivity contribution is -0.117. The van der Waals surface area contributed by atoms with Gasteiger partial charge in [0.05, 0.1) is 0 Å². The van der Waals surface area contributed by atoms with Crippen molar-refractivity contribution in [1.29, 1.82) is 0 Å². The van der Waals surface area contributed by atoms with E-state index in [1.807, 2.05) is 32.0 Å². The van der Waals surface area contributed by atoms with Crippen molar-refractivity contribution in [1.82, 2.24) is 19.2 Å². The number of hydrogen-bond donors (Lipinski definition) is 1. The Morgan fingerprint density at radius 2 is 1.93 bits per heavy atom. The summed E-state index contributed by atoms with van der Waals surface area (Å²) in [5.41, 5.74) is 2.39. The highest BCUT2D eigenvalue weighted by molar-refractivity contribution is 6.30. The standard InChI is InChI=1S/C21H18ClN5O3/c1-13-3-4-14(2)17(11-13)24-18(28)12-27-21(29)26-10-9-23-20(19(26)25-27)30-16-7-5-15(22)6-8-16/h3-11H,12H2,1-2H3,(H,24,28). The van der Waals surface area contributed by atoms with E-state index in [2.05, 4.69) is 15.4 Å². The Balaban J connectivity index is 1.60. The molecule has 8 nitrogen and oxygen atoms in total. The number of fused-ring (bicyclic) bond motifs is 1. The summed E-state index contributed by atoms with van der Waals surface area (Å²) in [5, 5.41) is 7.64. The van der Waals surface area contributed by atoms with Gasteiger partial charge in [-0.25, -0.2) is 18.9 Å². The lowest BCUT2D eigenvalue weighted by atomic mass is 10.1. The largest absolute Gasteiger partial charge is 0.436 e. The average Bonchev–Trinajstić information content (AvgIpc) is 3.03. The molecule has 0 aliphatic carbocycles. The van der Waals surface area contributed by atoms with Crippen LogP contribution in [0.4, 0.5) is 5.69 Å². The number of amides is 1. The van der Waals surface area contributed by atoms with Gasteiger partial charge in [0, 0.05) is 23.1 Å². The molecule has 0 radical (unpaired) electrons. The third kappa shape index (κ3) is 4.04. The van der Waals surface area contributed by atoms with Crippen LogP contribution < -0.4 is 15.7 Å². The number of benzene rings is 2. The molecular weight excluding hydrogens is 406 g/mol. The van der Waals surface area contributed by atoms with Gasteiger partial charge in [-0.05, 0) is 55.3 Å². The van der Waals surface area contributed by atoms with Crippen molar-refractivity contribution in [2.75, 3.05) is 5.32 Å². The van der Waals surface area contributed by atoms with E-state index in [9.17, 15) is 9.59 Å². The van der Waals surface area contributed by atoms with E-state index < -0.39 is 5.69 Å². The highest BCUT2D eigenvalue weighted by Crippen LogP contribution is 2.23. The minimum atomic E-state index is -0.468. The zero-order valence-electron chi connectivity index (χ0n) is 16.3. The fourth-order valence-corrected chi connectivity index (χ4v) is 3.04. The van der Waals surface area contributed by atoms with Gasteiger partial charge >= 0.3 is 5.69 Å². The van der Waals surface area contributed by atoms with Gasteiger partial charge in [0.1, 0.15) is 12.3 Å². The summed E-state index contributed by atoms with van der Waals surface area (Å²) >= 11 is 5.89. The molecule has 0 saturated carbocycles. The number of nitrogens with zero attached hydrogens (tertiary/aromatic N) is 4. The molecule has 152 valence electrons. The van der Waals surface area contributed by atoms with Gasteiger partial charge < -0.3 is 10.1 Å². The molecule has 2 heterocycles. The number of aromatic nitrogens is 4. The highest BCUT2D eigenvalue weighted by Gasteiger charge is 2.16. The Morgan fingerprint density at radius 3 is 2.70 bits per heavy atom. The summed E-state index contributed by atoms with van der Waals surface area (Å²) in [7, 11) is 0. The van der Waals surface area contributed by atoms with Crippen LogP contribution in [0, 0.1) is 13.8 Å². The number of ether oxygens (including phenoxy) is 1. The predicted octanol–water partition coefficient (Wildman–Crippen LogP) is 3.59. The molecule has 0 atom stereocenters. The van der Waals surface area contributed by atoms with E-state index in [-0.39, 0.29) is 24.0 Å². The fraction of sp³-hybridized carbons (Fsp3) is 0.143. The van der Waals surface area contributed by atoms with Crippen LogP contribution in [0.3, 0.4) is 0 Å². The van der Waals surface area contributed by atoms with Crippen LogP contribution >= 0.6 is 11.6 Å². The van der Waals surface area contributed by atoms with E-state index in [0.717, 1.165) is 15.8 Å². The molecule has 0 aliphatic heterocycles. The average molecular weight is 424 g/mol. The van der Waals surface area contributed by atoms with Crippen LogP contribution in [0.5, 0.6) is 11.6 Å². The van der Waals surface area contributed by atoms with Crippen LogP contribution in [0.2, 0.25) is 5.02 Å². The van der Waals surface area contributed by atoms with Crippen molar-refractivity contribution < 1.29 is 9.53 Å². The topological polar surface area (TPSA) is 90.5 Å². The number of carbonyl (C=O) groups excluding carboxylic acids is 1. The van der Waals surface area contributed by atoms with E-state index in [1.54, 1.807) is 24.3 Å². The number of carbonyl (C=O) groups is 1. The Bertz CT molecular complexity index is 1290. The number of hydrogen-bond acceptors (Lipinski definition) is 5. The molecule has 9 heteroatoms. The second kappa shape index (κ2) is 8.00. The van der Waals surface area contributed by atoms with Crippen LogP contribution in [-0.4, -0.2) is 25.1 Å². The number of halogens is 1. The third-order valence-corrected chi connectivity index (χ3v) is 4.71. The molecule has 0 unspecified atom stereocenters. The highest BCUT2D eigenvalue weighted by atomic mass is 35.5. The summed E-state index contributed by atoms with van der Waals surface area (Å²) < 4.78 is 8.10. The molecule has 0 aliphatic rings. The Morgan fingerprint density at radius 1 is 1.17 bits per heavy atom. The second-order valence-corrected chi connectivity index (χ2v) is 7.23. The molecule has 0 spiro atoms. The van der Waals surface area contributed by atoms with Crippen molar-refractivity contribution >= 4 is 28.8 Å². The van der Waals surface area contributed by atoms with E-state index in [0.29, 0.717) is 16.5 Å². The molecule has 2 aromatic heterocycles. The Hall–Kier alpha value is -3.65. The summed E-state index contributed by atoms with van der Waals surface area (Å²) in [6.07, 6.45) is 2.90. The second-order valence-electron chi connectivity index (χ2n) is 6.79. The first-order valence-corrected chi connectivity index (χ1v) is 9.53. The molecule has 0 bridgehead atoms. The van der Waals surface area contributed by atoms with Crippen LogP contribution in [0.25, 0.3) is 5.65 Å². The molecule has 1 amide bonds. The maximum absolute atomic E-state index is 12.7. The first-order chi connectivity index (χ1) is 14.4. The molecule has 2 aromatic carbocycles. The van der Waals surface area contributed by atoms with E-state index in [1.165, 1.54) is 16.8 Å². The smallest absolute Gasteiger partial charge is 0.351 e. The van der Waals surface area contributed by atoms with E-state index >= 15 is 0 Å². The maximum Gasteiger partial charge on any atom is 0.351 e. The summed E-state index contributed by atoms with van der Waals surface area (Å²) in [4.78, 5) is 29.3. The first-order valence-electron chi connectivity index (χ1n) is 9.15. The predicted molar refractivity (Wildman–Crippen MR) is 113 cm³/mol. The van der Waals surface area contributed by atoms with Crippen molar-refractivity contribution in [2.45, 2.75) is 20.4 Å². The Kier molecular flexibility index (Phi) is 5.24. The molecular formula is C21H18ClN5O3. The van der Waals surface area contributed by atoms with Crippen molar-refractivity contribution in [3.8, 4) is 11.6 Å². The monoisotopic (exact) mass is 423 g/mol. The van der Waals surface area contributed by atoms with Crippen molar-refractivity contribution in [3.63, 3.8) is 0 Å². The number of aryl methyl sites for hydroxylation is 2. The summed E-state index contributed by atoms with van der Waals surface area (Å²) in [6, 6.07) is 12.5. The van der Waals surface area contributed by atoms with Gasteiger partial charge in [-0.15, -0.1) is 5.10 Å². The quantitative estimate of drug-likeness (QED) is 0.529. The number of nitrogens with one attached hydrogen (secondary N) is 1. The van der Waals surface area contributed by atoms with Crippen LogP contribution in [0.15, 0.2) is 59.7 Å². The lowest BCUT2D eigenvalue weighted by Gasteiger charge is -2.09. The van der Waals surface area contributed by atoms with Crippen molar-refractivity contribution in [3.05, 3.63) is 81.5 Å². The van der Waals surface area contributed by atoms with Gasteiger partial charge in [0.2, 0.25) is 11.6 Å². The molecule has 0 saturated heterocycles. The van der Waals surface area contributed by atoms with Crippen LogP contribution in [0.1, 0.15) is 11.1 Å². The molecule has 1 N–H and O–H groups in total. The minimum absolute atomic E-state index is 0.144. The van der Waals surface area contributed by atoms with Gasteiger partial charge in [0.25, 0.3) is 5.88 Å². The zero-order valence-corrected chi connectivity index (χ0v) is 17.1. The fourth-order valence-electron chi connectivity index (χ4n) is 2.91. The van der Waals surface area contributed by atoms with Crippen LogP contribution in [-0.2, 0) is 11.3 Å². The normalized spacial score (nSPS) is 10.9. The Labute approximate surface area is 176 Å². The zero-order chi connectivity index (χ0) is 21.3. The van der Waals surface area contributed by atoms with Gasteiger partial charge in [0.15, 0.2) is 0 Å².